The zero-order valence-corrected chi connectivity index (χ0v) is 11.2. The van der Waals surface area contributed by atoms with Crippen molar-refractivity contribution in [3.8, 4) is 5.69 Å². The molecule has 2 nitrogen and oxygen atoms in total. The SMILES string of the molecule is CC(Cl)c1nc2c(F)cccc2n1-c1ccsc1. The monoisotopic (exact) mass is 280 g/mol. The molecule has 0 spiro atoms. The van der Waals surface area contributed by atoms with Gasteiger partial charge in [0.1, 0.15) is 11.3 Å². The molecule has 2 aromatic heterocycles. The number of imidazole rings is 1. The minimum Gasteiger partial charge on any atom is -0.294 e. The van der Waals surface area contributed by atoms with Crippen molar-refractivity contribution in [3.63, 3.8) is 0 Å². The molecule has 0 aliphatic heterocycles. The Bertz CT molecular complexity index is 688. The molecule has 1 unspecified atom stereocenters. The van der Waals surface area contributed by atoms with Gasteiger partial charge in [0, 0.05) is 5.38 Å². The number of thiophene rings is 1. The quantitative estimate of drug-likeness (QED) is 0.631. The van der Waals surface area contributed by atoms with Gasteiger partial charge in [-0.3, -0.25) is 4.57 Å². The molecule has 92 valence electrons. The number of rotatable bonds is 2. The number of hydrogen-bond donors (Lipinski definition) is 0. The van der Waals surface area contributed by atoms with E-state index >= 15 is 0 Å². The number of nitrogens with zero attached hydrogens (tertiary/aromatic N) is 2. The molecular weight excluding hydrogens is 271 g/mol. The highest BCUT2D eigenvalue weighted by atomic mass is 35.5. The van der Waals surface area contributed by atoms with Crippen LogP contribution in [-0.2, 0) is 0 Å². The average Bonchev–Trinajstić information content (AvgIpc) is 2.94. The van der Waals surface area contributed by atoms with Gasteiger partial charge < -0.3 is 0 Å². The molecule has 0 amide bonds. The minimum absolute atomic E-state index is 0.281. The van der Waals surface area contributed by atoms with Crippen molar-refractivity contribution in [3.05, 3.63) is 46.7 Å². The van der Waals surface area contributed by atoms with Gasteiger partial charge in [-0.05, 0) is 30.5 Å². The van der Waals surface area contributed by atoms with Crippen LogP contribution in [0, 0.1) is 5.82 Å². The summed E-state index contributed by atoms with van der Waals surface area (Å²) in [6.07, 6.45) is 0. The number of aromatic nitrogens is 2. The first-order valence-corrected chi connectivity index (χ1v) is 6.90. The van der Waals surface area contributed by atoms with Crippen molar-refractivity contribution in [2.45, 2.75) is 12.3 Å². The Morgan fingerprint density at radius 3 is 2.89 bits per heavy atom. The second-order valence-electron chi connectivity index (χ2n) is 4.01. The number of benzene rings is 1. The van der Waals surface area contributed by atoms with Crippen molar-refractivity contribution in [1.82, 2.24) is 9.55 Å². The van der Waals surface area contributed by atoms with E-state index in [4.69, 9.17) is 11.6 Å². The first-order valence-electron chi connectivity index (χ1n) is 5.52. The standard InChI is InChI=1S/C13H10ClFN2S/c1-8(14)13-16-12-10(15)3-2-4-11(12)17(13)9-5-6-18-7-9/h2-8H,1H3. The van der Waals surface area contributed by atoms with E-state index in [-0.39, 0.29) is 11.2 Å². The van der Waals surface area contributed by atoms with E-state index < -0.39 is 0 Å². The third kappa shape index (κ3) is 1.72. The minimum atomic E-state index is -0.319. The highest BCUT2D eigenvalue weighted by Gasteiger charge is 2.18. The normalized spacial score (nSPS) is 13.1. The van der Waals surface area contributed by atoms with Gasteiger partial charge >= 0.3 is 0 Å². The van der Waals surface area contributed by atoms with Gasteiger partial charge in [0.25, 0.3) is 0 Å². The van der Waals surface area contributed by atoms with Crippen molar-refractivity contribution in [1.29, 1.82) is 0 Å². The summed E-state index contributed by atoms with van der Waals surface area (Å²) >= 11 is 7.73. The second kappa shape index (κ2) is 4.37. The number of hydrogen-bond acceptors (Lipinski definition) is 2. The van der Waals surface area contributed by atoms with E-state index in [0.29, 0.717) is 11.3 Å². The summed E-state index contributed by atoms with van der Waals surface area (Å²) in [4.78, 5) is 4.33. The van der Waals surface area contributed by atoms with Gasteiger partial charge in [0.15, 0.2) is 5.82 Å². The van der Waals surface area contributed by atoms with Gasteiger partial charge in [0.2, 0.25) is 0 Å². The van der Waals surface area contributed by atoms with E-state index in [9.17, 15) is 4.39 Å². The van der Waals surface area contributed by atoms with E-state index in [0.717, 1.165) is 11.2 Å². The van der Waals surface area contributed by atoms with Crippen LogP contribution >= 0.6 is 22.9 Å². The highest BCUT2D eigenvalue weighted by Crippen LogP contribution is 2.29. The van der Waals surface area contributed by atoms with Gasteiger partial charge in [-0.1, -0.05) is 6.07 Å². The zero-order chi connectivity index (χ0) is 12.7. The molecule has 0 saturated carbocycles. The fraction of sp³-hybridized carbons (Fsp3) is 0.154. The molecule has 0 bridgehead atoms. The summed E-state index contributed by atoms with van der Waals surface area (Å²) in [5.41, 5.74) is 2.08. The molecular formula is C13H10ClFN2S. The van der Waals surface area contributed by atoms with Gasteiger partial charge in [0.05, 0.1) is 16.6 Å². The molecule has 18 heavy (non-hydrogen) atoms. The largest absolute Gasteiger partial charge is 0.294 e. The van der Waals surface area contributed by atoms with Crippen molar-refractivity contribution in [2.24, 2.45) is 0 Å². The van der Waals surface area contributed by atoms with E-state index in [1.165, 1.54) is 6.07 Å². The van der Waals surface area contributed by atoms with Crippen LogP contribution in [0.3, 0.4) is 0 Å². The topological polar surface area (TPSA) is 17.8 Å². The zero-order valence-electron chi connectivity index (χ0n) is 9.60. The lowest BCUT2D eigenvalue weighted by Crippen LogP contribution is -2.00. The van der Waals surface area contributed by atoms with Gasteiger partial charge in [-0.25, -0.2) is 9.37 Å². The third-order valence-corrected chi connectivity index (χ3v) is 3.65. The molecule has 2 heterocycles. The summed E-state index contributed by atoms with van der Waals surface area (Å²) in [6, 6.07) is 6.92. The molecule has 3 rings (SSSR count). The Morgan fingerprint density at radius 2 is 2.22 bits per heavy atom. The van der Waals surface area contributed by atoms with Crippen LogP contribution in [0.25, 0.3) is 16.7 Å². The molecule has 0 saturated heterocycles. The number of fused-ring (bicyclic) bond motifs is 1. The lowest BCUT2D eigenvalue weighted by molar-refractivity contribution is 0.637. The summed E-state index contributed by atoms with van der Waals surface area (Å²) in [7, 11) is 0. The van der Waals surface area contributed by atoms with Crippen LogP contribution in [0.2, 0.25) is 0 Å². The van der Waals surface area contributed by atoms with Crippen LogP contribution in [0.5, 0.6) is 0 Å². The van der Waals surface area contributed by atoms with Crippen molar-refractivity contribution < 1.29 is 4.39 Å². The first-order chi connectivity index (χ1) is 8.68. The maximum atomic E-state index is 13.8. The number of alkyl halides is 1. The molecule has 0 N–H and O–H groups in total. The molecule has 3 aromatic rings. The Hall–Kier alpha value is -1.39. The van der Waals surface area contributed by atoms with E-state index in [1.54, 1.807) is 17.4 Å². The molecule has 0 fully saturated rings. The summed E-state index contributed by atoms with van der Waals surface area (Å²) in [5, 5.41) is 3.69. The van der Waals surface area contributed by atoms with Crippen molar-refractivity contribution in [2.75, 3.05) is 0 Å². The Labute approximate surface area is 113 Å². The summed E-state index contributed by atoms with van der Waals surface area (Å²) in [5.74, 6) is 0.343. The summed E-state index contributed by atoms with van der Waals surface area (Å²) < 4.78 is 15.7. The molecule has 1 atom stereocenters. The summed E-state index contributed by atoms with van der Waals surface area (Å²) in [6.45, 7) is 1.84. The molecule has 1 aromatic carbocycles. The smallest absolute Gasteiger partial charge is 0.151 e. The van der Waals surface area contributed by atoms with Crippen LogP contribution in [0.15, 0.2) is 35.0 Å². The molecule has 5 heteroatoms. The first kappa shape index (κ1) is 11.7. The lowest BCUT2D eigenvalue weighted by Gasteiger charge is -2.08. The van der Waals surface area contributed by atoms with E-state index in [2.05, 4.69) is 4.98 Å². The predicted octanol–water partition coefficient (Wildman–Crippen LogP) is 4.53. The van der Waals surface area contributed by atoms with Crippen LogP contribution in [-0.4, -0.2) is 9.55 Å². The Morgan fingerprint density at radius 1 is 1.39 bits per heavy atom. The van der Waals surface area contributed by atoms with Crippen LogP contribution < -0.4 is 0 Å². The molecule has 0 radical (unpaired) electrons. The maximum Gasteiger partial charge on any atom is 0.151 e. The third-order valence-electron chi connectivity index (χ3n) is 2.78. The molecule has 0 aliphatic carbocycles. The highest BCUT2D eigenvalue weighted by molar-refractivity contribution is 7.08. The fourth-order valence-electron chi connectivity index (χ4n) is 2.01. The predicted molar refractivity (Wildman–Crippen MR) is 73.2 cm³/mol. The second-order valence-corrected chi connectivity index (χ2v) is 5.45. The van der Waals surface area contributed by atoms with Crippen LogP contribution in [0.1, 0.15) is 18.1 Å². The Balaban J connectivity index is 2.40. The van der Waals surface area contributed by atoms with Crippen LogP contribution in [0.4, 0.5) is 4.39 Å². The Kier molecular flexibility index (Phi) is 2.84. The maximum absolute atomic E-state index is 13.8. The number of halogens is 2. The van der Waals surface area contributed by atoms with Gasteiger partial charge in [-0.2, -0.15) is 11.3 Å². The number of para-hydroxylation sites is 1. The van der Waals surface area contributed by atoms with Crippen molar-refractivity contribution >= 4 is 34.0 Å². The van der Waals surface area contributed by atoms with Gasteiger partial charge in [-0.15, -0.1) is 11.6 Å². The average molecular weight is 281 g/mol. The lowest BCUT2D eigenvalue weighted by atomic mass is 10.3. The van der Waals surface area contributed by atoms with E-state index in [1.807, 2.05) is 34.4 Å². The molecule has 0 aliphatic rings. The fourth-order valence-corrected chi connectivity index (χ4v) is 2.77.